The summed E-state index contributed by atoms with van der Waals surface area (Å²) in [6.45, 7) is 0. The first-order valence-corrected chi connectivity index (χ1v) is 5.95. The van der Waals surface area contributed by atoms with Crippen molar-refractivity contribution in [2.75, 3.05) is 0 Å². The highest BCUT2D eigenvalue weighted by molar-refractivity contribution is 6.07. The van der Waals surface area contributed by atoms with Crippen LogP contribution in [0.1, 0.15) is 0 Å². The summed E-state index contributed by atoms with van der Waals surface area (Å²) < 4.78 is 0. The Morgan fingerprint density at radius 1 is 0.722 bits per heavy atom. The fourth-order valence-corrected chi connectivity index (χ4v) is 2.40. The van der Waals surface area contributed by atoms with Gasteiger partial charge in [-0.3, -0.25) is 0 Å². The van der Waals surface area contributed by atoms with E-state index in [4.69, 9.17) is 4.98 Å². The molecular weight excluding hydrogens is 220 g/mol. The standard InChI is InChI=1S/C16H10N2/c1-2-6-14-11(4-1)7-8-12-10-13-5-3-9-17-16(13)18-15(12)14/h1-10H. The molecule has 0 aliphatic rings. The summed E-state index contributed by atoms with van der Waals surface area (Å²) in [5, 5.41) is 4.64. The summed E-state index contributed by atoms with van der Waals surface area (Å²) in [5.41, 5.74) is 1.83. The number of hydrogen-bond donors (Lipinski definition) is 0. The Kier molecular flexibility index (Phi) is 1.86. The first-order chi connectivity index (χ1) is 8.92. The third kappa shape index (κ3) is 1.29. The second kappa shape index (κ2) is 3.50. The van der Waals surface area contributed by atoms with Crippen molar-refractivity contribution in [1.82, 2.24) is 9.97 Å². The molecule has 0 unspecified atom stereocenters. The molecule has 0 bridgehead atoms. The lowest BCUT2D eigenvalue weighted by Gasteiger charge is -2.04. The lowest BCUT2D eigenvalue weighted by molar-refractivity contribution is 1.33. The molecule has 0 fully saturated rings. The van der Waals surface area contributed by atoms with Gasteiger partial charge in [0.15, 0.2) is 5.65 Å². The minimum absolute atomic E-state index is 0.807. The van der Waals surface area contributed by atoms with Crippen molar-refractivity contribution < 1.29 is 0 Å². The number of aromatic nitrogens is 2. The van der Waals surface area contributed by atoms with E-state index >= 15 is 0 Å². The molecule has 18 heavy (non-hydrogen) atoms. The molecule has 2 heteroatoms. The normalized spacial score (nSPS) is 11.3. The average molecular weight is 230 g/mol. The number of benzene rings is 2. The van der Waals surface area contributed by atoms with Gasteiger partial charge in [0.1, 0.15) is 0 Å². The summed E-state index contributed by atoms with van der Waals surface area (Å²) in [6.07, 6.45) is 1.78. The van der Waals surface area contributed by atoms with Crippen molar-refractivity contribution in [1.29, 1.82) is 0 Å². The van der Waals surface area contributed by atoms with Gasteiger partial charge in [0.05, 0.1) is 5.52 Å². The molecule has 0 saturated carbocycles. The third-order valence-corrected chi connectivity index (χ3v) is 3.28. The zero-order valence-electron chi connectivity index (χ0n) is 9.67. The molecule has 0 radical (unpaired) electrons. The van der Waals surface area contributed by atoms with Gasteiger partial charge in [-0.15, -0.1) is 0 Å². The summed E-state index contributed by atoms with van der Waals surface area (Å²) in [5.74, 6) is 0. The van der Waals surface area contributed by atoms with Gasteiger partial charge in [-0.05, 0) is 23.6 Å². The van der Waals surface area contributed by atoms with Crippen LogP contribution in [0.4, 0.5) is 0 Å². The largest absolute Gasteiger partial charge is 0.237 e. The van der Waals surface area contributed by atoms with Crippen LogP contribution in [0, 0.1) is 0 Å². The summed E-state index contributed by atoms with van der Waals surface area (Å²) in [7, 11) is 0. The van der Waals surface area contributed by atoms with E-state index in [1.165, 1.54) is 10.8 Å². The maximum atomic E-state index is 4.69. The highest BCUT2D eigenvalue weighted by atomic mass is 14.8. The minimum Gasteiger partial charge on any atom is -0.237 e. The second-order valence-corrected chi connectivity index (χ2v) is 4.40. The van der Waals surface area contributed by atoms with Gasteiger partial charge in [0.2, 0.25) is 0 Å². The molecule has 2 heterocycles. The Labute approximate surface area is 104 Å². The Hall–Kier alpha value is -2.48. The zero-order chi connectivity index (χ0) is 11.9. The minimum atomic E-state index is 0.807. The van der Waals surface area contributed by atoms with Gasteiger partial charge in [-0.1, -0.05) is 36.4 Å². The monoisotopic (exact) mass is 230 g/mol. The van der Waals surface area contributed by atoms with Crippen molar-refractivity contribution >= 4 is 32.7 Å². The number of rotatable bonds is 0. The molecule has 0 aliphatic heterocycles. The topological polar surface area (TPSA) is 25.8 Å². The van der Waals surface area contributed by atoms with Crippen molar-refractivity contribution in [3.63, 3.8) is 0 Å². The fourth-order valence-electron chi connectivity index (χ4n) is 2.40. The van der Waals surface area contributed by atoms with Crippen LogP contribution in [0.25, 0.3) is 32.7 Å². The van der Waals surface area contributed by atoms with E-state index in [-0.39, 0.29) is 0 Å². The highest BCUT2D eigenvalue weighted by Crippen LogP contribution is 2.25. The van der Waals surface area contributed by atoms with E-state index < -0.39 is 0 Å². The molecule has 4 aromatic rings. The molecule has 0 saturated heterocycles. The Balaban J connectivity index is 2.27. The molecule has 0 aliphatic carbocycles. The van der Waals surface area contributed by atoms with E-state index in [1.54, 1.807) is 6.20 Å². The molecule has 0 spiro atoms. The van der Waals surface area contributed by atoms with Crippen LogP contribution in [0.5, 0.6) is 0 Å². The fraction of sp³-hybridized carbons (Fsp3) is 0. The van der Waals surface area contributed by atoms with E-state index in [9.17, 15) is 0 Å². The predicted molar refractivity (Wildman–Crippen MR) is 74.6 cm³/mol. The van der Waals surface area contributed by atoms with Gasteiger partial charge < -0.3 is 0 Å². The molecule has 0 atom stereocenters. The van der Waals surface area contributed by atoms with Gasteiger partial charge in [-0.2, -0.15) is 0 Å². The smallest absolute Gasteiger partial charge is 0.159 e. The van der Waals surface area contributed by atoms with Gasteiger partial charge in [0.25, 0.3) is 0 Å². The number of fused-ring (bicyclic) bond motifs is 4. The van der Waals surface area contributed by atoms with Crippen LogP contribution in [0.15, 0.2) is 60.8 Å². The molecule has 84 valence electrons. The predicted octanol–water partition coefficient (Wildman–Crippen LogP) is 3.94. The zero-order valence-corrected chi connectivity index (χ0v) is 9.67. The van der Waals surface area contributed by atoms with Crippen LogP contribution in [0.2, 0.25) is 0 Å². The third-order valence-electron chi connectivity index (χ3n) is 3.28. The second-order valence-electron chi connectivity index (χ2n) is 4.40. The van der Waals surface area contributed by atoms with Crippen molar-refractivity contribution in [3.8, 4) is 0 Å². The van der Waals surface area contributed by atoms with E-state index in [1.807, 2.05) is 24.3 Å². The van der Waals surface area contributed by atoms with Crippen LogP contribution >= 0.6 is 0 Å². The summed E-state index contributed by atoms with van der Waals surface area (Å²) in [4.78, 5) is 9.02. The Bertz CT molecular complexity index is 875. The molecule has 0 N–H and O–H groups in total. The van der Waals surface area contributed by atoms with Crippen LogP contribution < -0.4 is 0 Å². The number of hydrogen-bond acceptors (Lipinski definition) is 2. The maximum Gasteiger partial charge on any atom is 0.159 e. The van der Waals surface area contributed by atoms with Gasteiger partial charge in [0, 0.05) is 22.4 Å². The van der Waals surface area contributed by atoms with Crippen LogP contribution in [-0.2, 0) is 0 Å². The summed E-state index contributed by atoms with van der Waals surface area (Å²) in [6, 6.07) is 18.7. The van der Waals surface area contributed by atoms with Gasteiger partial charge in [-0.25, -0.2) is 9.97 Å². The molecule has 4 rings (SSSR count). The quantitative estimate of drug-likeness (QED) is 0.338. The van der Waals surface area contributed by atoms with Crippen LogP contribution in [0.3, 0.4) is 0 Å². The Morgan fingerprint density at radius 2 is 1.56 bits per heavy atom. The van der Waals surface area contributed by atoms with Crippen molar-refractivity contribution in [2.24, 2.45) is 0 Å². The SMILES string of the molecule is c1cnc2nc3c(ccc4ccccc43)cc2c1. The lowest BCUT2D eigenvalue weighted by atomic mass is 10.1. The van der Waals surface area contributed by atoms with E-state index in [2.05, 4.69) is 35.3 Å². The first-order valence-electron chi connectivity index (χ1n) is 5.95. The van der Waals surface area contributed by atoms with Crippen molar-refractivity contribution in [2.45, 2.75) is 0 Å². The molecule has 0 amide bonds. The summed E-state index contributed by atoms with van der Waals surface area (Å²) >= 11 is 0. The maximum absolute atomic E-state index is 4.69. The first kappa shape index (κ1) is 9.54. The van der Waals surface area contributed by atoms with E-state index in [0.29, 0.717) is 0 Å². The molecule has 2 aromatic heterocycles. The highest BCUT2D eigenvalue weighted by Gasteiger charge is 2.03. The number of pyridine rings is 2. The van der Waals surface area contributed by atoms with E-state index in [0.717, 1.165) is 21.9 Å². The lowest BCUT2D eigenvalue weighted by Crippen LogP contribution is -1.86. The molecular formula is C16H10N2. The molecule has 2 aromatic carbocycles. The van der Waals surface area contributed by atoms with Gasteiger partial charge >= 0.3 is 0 Å². The Morgan fingerprint density at radius 3 is 2.56 bits per heavy atom. The molecule has 2 nitrogen and oxygen atoms in total. The van der Waals surface area contributed by atoms with Crippen LogP contribution in [-0.4, -0.2) is 9.97 Å². The average Bonchev–Trinajstić information content (AvgIpc) is 2.45. The van der Waals surface area contributed by atoms with Crippen molar-refractivity contribution in [3.05, 3.63) is 60.8 Å². The number of nitrogens with zero attached hydrogens (tertiary/aromatic N) is 2.